The van der Waals surface area contributed by atoms with Crippen molar-refractivity contribution in [1.29, 1.82) is 0 Å². The van der Waals surface area contributed by atoms with E-state index in [2.05, 4.69) is 76.7 Å². The quantitative estimate of drug-likeness (QED) is 0.488. The molecule has 1 atom stereocenters. The van der Waals surface area contributed by atoms with Gasteiger partial charge in [-0.2, -0.15) is 0 Å². The first-order valence-electron chi connectivity index (χ1n) is 11.1. The van der Waals surface area contributed by atoms with Crippen molar-refractivity contribution >= 4 is 5.96 Å². The average molecular weight is 412 g/mol. The van der Waals surface area contributed by atoms with E-state index in [1.54, 1.807) is 6.26 Å². The molecule has 0 bridgehead atoms. The van der Waals surface area contributed by atoms with Gasteiger partial charge in [0.05, 0.1) is 12.3 Å². The Morgan fingerprint density at radius 3 is 2.47 bits per heavy atom. The molecule has 0 spiro atoms. The summed E-state index contributed by atoms with van der Waals surface area (Å²) in [4.78, 5) is 9.29. The SMILES string of the molecule is CN=C(NCc1ccccc1CN(C)C(C)C)NCC(c1ccco1)N1CCCC1. The molecule has 1 aliphatic heterocycles. The normalized spacial score (nSPS) is 16.4. The van der Waals surface area contributed by atoms with E-state index in [4.69, 9.17) is 4.42 Å². The fourth-order valence-corrected chi connectivity index (χ4v) is 3.87. The van der Waals surface area contributed by atoms with E-state index in [1.807, 2.05) is 13.1 Å². The number of nitrogens with one attached hydrogen (secondary N) is 2. The topological polar surface area (TPSA) is 56.0 Å². The van der Waals surface area contributed by atoms with Crippen molar-refractivity contribution in [3.63, 3.8) is 0 Å². The predicted molar refractivity (Wildman–Crippen MR) is 124 cm³/mol. The molecule has 6 heteroatoms. The van der Waals surface area contributed by atoms with E-state index in [0.29, 0.717) is 6.04 Å². The van der Waals surface area contributed by atoms with Gasteiger partial charge < -0.3 is 15.1 Å². The molecule has 30 heavy (non-hydrogen) atoms. The maximum atomic E-state index is 5.73. The molecule has 1 aromatic heterocycles. The third-order valence-corrected chi connectivity index (χ3v) is 6.01. The molecule has 3 rings (SSSR count). The van der Waals surface area contributed by atoms with Crippen LogP contribution in [0, 0.1) is 0 Å². The smallest absolute Gasteiger partial charge is 0.191 e. The highest BCUT2D eigenvalue weighted by Gasteiger charge is 2.25. The highest BCUT2D eigenvalue weighted by atomic mass is 16.3. The average Bonchev–Trinajstić information content (AvgIpc) is 3.46. The third-order valence-electron chi connectivity index (χ3n) is 6.01. The first-order chi connectivity index (χ1) is 14.6. The van der Waals surface area contributed by atoms with Crippen LogP contribution in [0.2, 0.25) is 0 Å². The summed E-state index contributed by atoms with van der Waals surface area (Å²) in [6.07, 6.45) is 4.27. The molecule has 0 amide bonds. The van der Waals surface area contributed by atoms with Gasteiger partial charge in [0.15, 0.2) is 5.96 Å². The van der Waals surface area contributed by atoms with Gasteiger partial charge in [0.25, 0.3) is 0 Å². The largest absolute Gasteiger partial charge is 0.468 e. The maximum absolute atomic E-state index is 5.73. The minimum atomic E-state index is 0.230. The number of nitrogens with zero attached hydrogens (tertiary/aromatic N) is 3. The van der Waals surface area contributed by atoms with Crippen LogP contribution in [-0.2, 0) is 13.1 Å². The van der Waals surface area contributed by atoms with Crippen molar-refractivity contribution in [2.45, 2.75) is 51.9 Å². The predicted octanol–water partition coefficient (Wildman–Crippen LogP) is 3.62. The molecule has 6 nitrogen and oxygen atoms in total. The fraction of sp³-hybridized carbons (Fsp3) is 0.542. The summed E-state index contributed by atoms with van der Waals surface area (Å²) in [5.74, 6) is 1.83. The summed E-state index contributed by atoms with van der Waals surface area (Å²) in [6, 6.07) is 13.4. The van der Waals surface area contributed by atoms with Crippen LogP contribution in [0.15, 0.2) is 52.1 Å². The second kappa shape index (κ2) is 11.2. The number of rotatable bonds is 9. The molecular formula is C24H37N5O. The van der Waals surface area contributed by atoms with Crippen molar-refractivity contribution < 1.29 is 4.42 Å². The van der Waals surface area contributed by atoms with Gasteiger partial charge in [-0.05, 0) is 70.1 Å². The number of guanidine groups is 1. The molecule has 1 aliphatic rings. The number of aliphatic imine (C=N–C) groups is 1. The van der Waals surface area contributed by atoms with Crippen LogP contribution < -0.4 is 10.6 Å². The van der Waals surface area contributed by atoms with Gasteiger partial charge in [-0.1, -0.05) is 24.3 Å². The van der Waals surface area contributed by atoms with Gasteiger partial charge in [-0.25, -0.2) is 0 Å². The highest BCUT2D eigenvalue weighted by molar-refractivity contribution is 5.79. The summed E-state index contributed by atoms with van der Waals surface area (Å²) < 4.78 is 5.73. The lowest BCUT2D eigenvalue weighted by Crippen LogP contribution is -2.42. The second-order valence-corrected chi connectivity index (χ2v) is 8.36. The lowest BCUT2D eigenvalue weighted by molar-refractivity contribution is 0.215. The van der Waals surface area contributed by atoms with Gasteiger partial charge >= 0.3 is 0 Å². The molecule has 2 N–H and O–H groups in total. The summed E-state index contributed by atoms with van der Waals surface area (Å²) in [6.45, 7) is 9.15. The van der Waals surface area contributed by atoms with Gasteiger partial charge in [0.1, 0.15) is 5.76 Å². The van der Waals surface area contributed by atoms with Crippen LogP contribution in [0.4, 0.5) is 0 Å². The zero-order chi connectivity index (χ0) is 21.3. The highest BCUT2D eigenvalue weighted by Crippen LogP contribution is 2.24. The van der Waals surface area contributed by atoms with Crippen molar-refractivity contribution in [2.24, 2.45) is 4.99 Å². The monoisotopic (exact) mass is 411 g/mol. The maximum Gasteiger partial charge on any atom is 0.191 e. The van der Waals surface area contributed by atoms with Crippen molar-refractivity contribution in [2.75, 3.05) is 33.7 Å². The van der Waals surface area contributed by atoms with E-state index >= 15 is 0 Å². The van der Waals surface area contributed by atoms with Crippen LogP contribution in [0.5, 0.6) is 0 Å². The molecule has 0 radical (unpaired) electrons. The number of hydrogen-bond acceptors (Lipinski definition) is 4. The Labute approximate surface area is 181 Å². The molecule has 2 heterocycles. The van der Waals surface area contributed by atoms with Gasteiger partial charge in [-0.3, -0.25) is 14.8 Å². The number of furan rings is 1. The van der Waals surface area contributed by atoms with E-state index in [0.717, 1.165) is 44.4 Å². The van der Waals surface area contributed by atoms with E-state index < -0.39 is 0 Å². The minimum Gasteiger partial charge on any atom is -0.468 e. The number of hydrogen-bond donors (Lipinski definition) is 2. The summed E-state index contributed by atoms with van der Waals surface area (Å²) >= 11 is 0. The number of benzene rings is 1. The molecule has 164 valence electrons. The van der Waals surface area contributed by atoms with Crippen LogP contribution in [0.1, 0.15) is 49.6 Å². The Morgan fingerprint density at radius 2 is 1.83 bits per heavy atom. The Bertz CT molecular complexity index is 781. The van der Waals surface area contributed by atoms with E-state index in [9.17, 15) is 0 Å². The molecule has 1 aromatic carbocycles. The molecule has 2 aromatic rings. The van der Waals surface area contributed by atoms with Crippen LogP contribution >= 0.6 is 0 Å². The Balaban J connectivity index is 1.58. The standard InChI is InChI=1S/C24H37N5O/c1-19(2)28(4)18-21-11-6-5-10-20(21)16-26-24(25-3)27-17-22(23-12-9-15-30-23)29-13-7-8-14-29/h5-6,9-12,15,19,22H,7-8,13-14,16-18H2,1-4H3,(H2,25,26,27). The third kappa shape index (κ3) is 6.09. The van der Waals surface area contributed by atoms with Crippen molar-refractivity contribution in [3.05, 3.63) is 59.5 Å². The Morgan fingerprint density at radius 1 is 1.10 bits per heavy atom. The fourth-order valence-electron chi connectivity index (χ4n) is 3.87. The van der Waals surface area contributed by atoms with Crippen LogP contribution in [0.25, 0.3) is 0 Å². The molecule has 1 fully saturated rings. The van der Waals surface area contributed by atoms with Crippen molar-refractivity contribution in [3.8, 4) is 0 Å². The van der Waals surface area contributed by atoms with E-state index in [-0.39, 0.29) is 6.04 Å². The molecule has 0 saturated carbocycles. The van der Waals surface area contributed by atoms with E-state index in [1.165, 1.54) is 24.0 Å². The lowest BCUT2D eigenvalue weighted by Gasteiger charge is -2.27. The first-order valence-corrected chi connectivity index (χ1v) is 11.1. The second-order valence-electron chi connectivity index (χ2n) is 8.36. The van der Waals surface area contributed by atoms with Crippen LogP contribution in [-0.4, -0.2) is 55.5 Å². The molecule has 0 aliphatic carbocycles. The van der Waals surface area contributed by atoms with Crippen LogP contribution in [0.3, 0.4) is 0 Å². The minimum absolute atomic E-state index is 0.230. The summed E-state index contributed by atoms with van der Waals surface area (Å²) in [5, 5.41) is 7.00. The zero-order valence-corrected chi connectivity index (χ0v) is 18.9. The summed E-state index contributed by atoms with van der Waals surface area (Å²) in [5.41, 5.74) is 2.65. The van der Waals surface area contributed by atoms with Crippen molar-refractivity contribution in [1.82, 2.24) is 20.4 Å². The Kier molecular flexibility index (Phi) is 8.34. The van der Waals surface area contributed by atoms with Gasteiger partial charge in [0.2, 0.25) is 0 Å². The first kappa shape index (κ1) is 22.4. The molecule has 1 unspecified atom stereocenters. The molecule has 1 saturated heterocycles. The van der Waals surface area contributed by atoms with Gasteiger partial charge in [0, 0.05) is 32.7 Å². The zero-order valence-electron chi connectivity index (χ0n) is 18.9. The summed E-state index contributed by atoms with van der Waals surface area (Å²) in [7, 11) is 3.99. The lowest BCUT2D eigenvalue weighted by atomic mass is 10.1. The van der Waals surface area contributed by atoms with Gasteiger partial charge in [-0.15, -0.1) is 0 Å². The molecular weight excluding hydrogens is 374 g/mol. The number of likely N-dealkylation sites (tertiary alicyclic amines) is 1. The Hall–Kier alpha value is -2.31.